The smallest absolute Gasteiger partial charge is 0.270 e. The molecule has 0 unspecified atom stereocenters. The van der Waals surface area contributed by atoms with Crippen LogP contribution in [0.25, 0.3) is 11.8 Å². The van der Waals surface area contributed by atoms with E-state index in [4.69, 9.17) is 23.8 Å². The summed E-state index contributed by atoms with van der Waals surface area (Å²) in [4.78, 5) is 25.3. The minimum absolute atomic E-state index is 0.0422. The van der Waals surface area contributed by atoms with E-state index in [9.17, 15) is 14.9 Å². The number of rotatable bonds is 4. The van der Waals surface area contributed by atoms with Gasteiger partial charge in [-0.3, -0.25) is 19.8 Å². The zero-order chi connectivity index (χ0) is 22.3. The monoisotopic (exact) mass is 469 g/mol. The zero-order valence-electron chi connectivity index (χ0n) is 16.5. The first kappa shape index (κ1) is 21.3. The summed E-state index contributed by atoms with van der Waals surface area (Å²) in [5.74, 6) is -0.250. The van der Waals surface area contributed by atoms with Crippen LogP contribution in [-0.2, 0) is 4.79 Å². The van der Waals surface area contributed by atoms with Crippen LogP contribution in [0.15, 0.2) is 59.5 Å². The molecule has 3 aromatic rings. The number of nitro benzene ring substituents is 1. The van der Waals surface area contributed by atoms with Crippen LogP contribution in [0.3, 0.4) is 0 Å². The number of thiocarbonyl (C=S) groups is 1. The second kappa shape index (κ2) is 8.30. The number of anilines is 1. The first-order chi connectivity index (χ1) is 14.8. The third-order valence-corrected chi connectivity index (χ3v) is 6.51. The molecule has 9 heteroatoms. The minimum Gasteiger partial charge on any atom is -0.318 e. The van der Waals surface area contributed by atoms with Crippen molar-refractivity contribution in [2.75, 3.05) is 4.90 Å². The van der Waals surface area contributed by atoms with E-state index in [1.807, 2.05) is 50.3 Å². The molecule has 1 saturated heterocycles. The van der Waals surface area contributed by atoms with E-state index in [0.717, 1.165) is 22.6 Å². The van der Waals surface area contributed by atoms with Gasteiger partial charge in [0, 0.05) is 34.2 Å². The number of nitrogens with zero attached hydrogens (tertiary/aromatic N) is 3. The molecule has 1 fully saturated rings. The molecule has 0 spiro atoms. The van der Waals surface area contributed by atoms with Gasteiger partial charge in [0.05, 0.1) is 15.5 Å². The van der Waals surface area contributed by atoms with Crippen LogP contribution < -0.4 is 4.90 Å². The van der Waals surface area contributed by atoms with Crippen molar-refractivity contribution in [3.63, 3.8) is 0 Å². The Balaban J connectivity index is 1.66. The number of hydrogen-bond donors (Lipinski definition) is 0. The number of halogens is 1. The lowest BCUT2D eigenvalue weighted by Gasteiger charge is -2.13. The van der Waals surface area contributed by atoms with Crippen LogP contribution in [-0.4, -0.2) is 19.7 Å². The molecular weight excluding hydrogens is 454 g/mol. The summed E-state index contributed by atoms with van der Waals surface area (Å²) in [7, 11) is 0. The third kappa shape index (κ3) is 4.01. The van der Waals surface area contributed by atoms with Gasteiger partial charge in [0.2, 0.25) is 0 Å². The van der Waals surface area contributed by atoms with Crippen molar-refractivity contribution in [2.24, 2.45) is 0 Å². The van der Waals surface area contributed by atoms with Gasteiger partial charge >= 0.3 is 0 Å². The number of thioether (sulfide) groups is 1. The number of amides is 1. The first-order valence-electron chi connectivity index (χ1n) is 9.23. The van der Waals surface area contributed by atoms with E-state index in [2.05, 4.69) is 4.57 Å². The molecule has 1 amide bonds. The van der Waals surface area contributed by atoms with E-state index >= 15 is 0 Å². The number of aromatic nitrogens is 1. The Kier molecular flexibility index (Phi) is 5.70. The van der Waals surface area contributed by atoms with Gasteiger partial charge < -0.3 is 4.57 Å². The predicted molar refractivity (Wildman–Crippen MR) is 129 cm³/mol. The van der Waals surface area contributed by atoms with Crippen LogP contribution in [0.2, 0.25) is 5.02 Å². The van der Waals surface area contributed by atoms with Gasteiger partial charge in [-0.25, -0.2) is 0 Å². The van der Waals surface area contributed by atoms with E-state index in [-0.39, 0.29) is 11.6 Å². The van der Waals surface area contributed by atoms with Gasteiger partial charge in [-0.1, -0.05) is 35.6 Å². The normalized spacial score (nSPS) is 15.2. The molecule has 156 valence electrons. The number of carbonyl (C=O) groups is 1. The Bertz CT molecular complexity index is 1250. The first-order valence-corrected chi connectivity index (χ1v) is 10.8. The quantitative estimate of drug-likeness (QED) is 0.201. The summed E-state index contributed by atoms with van der Waals surface area (Å²) in [6, 6.07) is 15.4. The maximum absolute atomic E-state index is 13.0. The van der Waals surface area contributed by atoms with Crippen molar-refractivity contribution in [3.05, 3.63) is 91.6 Å². The fourth-order valence-electron chi connectivity index (χ4n) is 3.48. The molecule has 0 radical (unpaired) electrons. The summed E-state index contributed by atoms with van der Waals surface area (Å²) in [6.07, 6.45) is 1.83. The van der Waals surface area contributed by atoms with Gasteiger partial charge in [0.1, 0.15) is 0 Å². The Morgan fingerprint density at radius 3 is 2.29 bits per heavy atom. The second-order valence-corrected chi connectivity index (χ2v) is 9.04. The lowest BCUT2D eigenvalue weighted by Crippen LogP contribution is -2.27. The Labute approximate surface area is 193 Å². The van der Waals surface area contributed by atoms with Gasteiger partial charge in [0.15, 0.2) is 4.32 Å². The highest BCUT2D eigenvalue weighted by atomic mass is 35.5. The van der Waals surface area contributed by atoms with Crippen molar-refractivity contribution < 1.29 is 9.72 Å². The maximum Gasteiger partial charge on any atom is 0.270 e. The summed E-state index contributed by atoms with van der Waals surface area (Å²) in [5, 5.41) is 11.5. The predicted octanol–water partition coefficient (Wildman–Crippen LogP) is 6.06. The number of benzene rings is 2. The second-order valence-electron chi connectivity index (χ2n) is 6.93. The molecule has 0 saturated carbocycles. The molecule has 6 nitrogen and oxygen atoms in total. The highest BCUT2D eigenvalue weighted by Gasteiger charge is 2.33. The van der Waals surface area contributed by atoms with Crippen molar-refractivity contribution in [1.82, 2.24) is 4.57 Å². The van der Waals surface area contributed by atoms with Crippen LogP contribution in [0.4, 0.5) is 11.4 Å². The average molecular weight is 470 g/mol. The molecule has 0 aliphatic carbocycles. The van der Waals surface area contributed by atoms with E-state index in [0.29, 0.717) is 19.9 Å². The van der Waals surface area contributed by atoms with Crippen LogP contribution in [0.5, 0.6) is 0 Å². The van der Waals surface area contributed by atoms with Crippen molar-refractivity contribution >= 4 is 63.3 Å². The highest BCUT2D eigenvalue weighted by molar-refractivity contribution is 8.27. The molecule has 0 N–H and O–H groups in total. The topological polar surface area (TPSA) is 68.4 Å². The largest absolute Gasteiger partial charge is 0.318 e. The van der Waals surface area contributed by atoms with Crippen LogP contribution in [0.1, 0.15) is 17.0 Å². The molecular formula is C22H16ClN3O3S2. The molecule has 0 atom stereocenters. The maximum atomic E-state index is 13.0. The van der Waals surface area contributed by atoms with Crippen molar-refractivity contribution in [3.8, 4) is 5.69 Å². The van der Waals surface area contributed by atoms with E-state index < -0.39 is 4.92 Å². The lowest BCUT2D eigenvalue weighted by atomic mass is 10.2. The Hall–Kier alpha value is -2.94. The molecule has 4 rings (SSSR count). The fourth-order valence-corrected chi connectivity index (χ4v) is 4.89. The zero-order valence-corrected chi connectivity index (χ0v) is 18.9. The minimum atomic E-state index is -0.482. The molecule has 1 aliphatic rings. The fraction of sp³-hybridized carbons (Fsp3) is 0.0909. The van der Waals surface area contributed by atoms with Crippen molar-refractivity contribution in [1.29, 1.82) is 0 Å². The number of aryl methyl sites for hydroxylation is 1. The van der Waals surface area contributed by atoms with E-state index in [1.165, 1.54) is 40.9 Å². The standard InChI is InChI=1S/C22H16ClN3O3S2/c1-13-11-15(14(2)24(13)17-5-3-16(23)4-6-17)12-20-21(27)25(22(30)31-20)18-7-9-19(10-8-18)26(28)29/h3-12H,1-2H3/b20-12+. The summed E-state index contributed by atoms with van der Waals surface area (Å²) in [6.45, 7) is 3.99. The lowest BCUT2D eigenvalue weighted by molar-refractivity contribution is -0.384. The molecule has 0 bridgehead atoms. The summed E-state index contributed by atoms with van der Waals surface area (Å²) in [5.41, 5.74) is 4.37. The number of nitro groups is 1. The van der Waals surface area contributed by atoms with Gasteiger partial charge in [0.25, 0.3) is 11.6 Å². The summed E-state index contributed by atoms with van der Waals surface area (Å²) >= 11 is 12.6. The van der Waals surface area contributed by atoms with Crippen LogP contribution >= 0.6 is 35.6 Å². The van der Waals surface area contributed by atoms with Crippen LogP contribution in [0, 0.1) is 24.0 Å². The number of hydrogen-bond acceptors (Lipinski definition) is 5. The Morgan fingerprint density at radius 2 is 1.68 bits per heavy atom. The van der Waals surface area contributed by atoms with Crippen molar-refractivity contribution in [2.45, 2.75) is 13.8 Å². The molecule has 2 aromatic carbocycles. The van der Waals surface area contributed by atoms with Gasteiger partial charge in [-0.05, 0) is 68.0 Å². The number of non-ortho nitro benzene ring substituents is 1. The highest BCUT2D eigenvalue weighted by Crippen LogP contribution is 2.37. The molecule has 1 aliphatic heterocycles. The average Bonchev–Trinajstić information content (AvgIpc) is 3.17. The molecule has 1 aromatic heterocycles. The SMILES string of the molecule is Cc1cc(/C=C2/SC(=S)N(c3ccc([N+](=O)[O-])cc3)C2=O)c(C)n1-c1ccc(Cl)cc1. The Morgan fingerprint density at radius 1 is 1.06 bits per heavy atom. The van der Waals surface area contributed by atoms with Gasteiger partial charge in [-0.2, -0.15) is 0 Å². The third-order valence-electron chi connectivity index (χ3n) is 4.95. The summed E-state index contributed by atoms with van der Waals surface area (Å²) < 4.78 is 2.48. The number of carbonyl (C=O) groups excluding carboxylic acids is 1. The van der Waals surface area contributed by atoms with Gasteiger partial charge in [-0.15, -0.1) is 0 Å². The molecule has 2 heterocycles. The molecule has 31 heavy (non-hydrogen) atoms. The van der Waals surface area contributed by atoms with E-state index in [1.54, 1.807) is 0 Å².